The van der Waals surface area contributed by atoms with Gasteiger partial charge in [-0.25, -0.2) is 4.79 Å². The summed E-state index contributed by atoms with van der Waals surface area (Å²) >= 11 is 0. The number of ketones is 1. The molecule has 0 spiro atoms. The third-order valence-electron chi connectivity index (χ3n) is 4.00. The van der Waals surface area contributed by atoms with Gasteiger partial charge in [0.25, 0.3) is 5.91 Å². The first-order valence-corrected chi connectivity index (χ1v) is 8.72. The van der Waals surface area contributed by atoms with E-state index in [4.69, 9.17) is 14.7 Å². The Kier molecular flexibility index (Phi) is 5.90. The summed E-state index contributed by atoms with van der Waals surface area (Å²) in [4.78, 5) is 36.9. The Morgan fingerprint density at radius 3 is 2.59 bits per heavy atom. The standard InChI is InChI=1S/C21H17N3O5/c1-13(19(26)23-16-9-5-6-14(10-16)11-22)29-21(27)18-17(25)12-28-20(18)24-15-7-3-2-4-8-15/h2-10,13,24H,12H2,1H3,(H,23,26)/t13-/m0/s1. The van der Waals surface area contributed by atoms with E-state index in [1.165, 1.54) is 13.0 Å². The van der Waals surface area contributed by atoms with Gasteiger partial charge in [-0.1, -0.05) is 24.3 Å². The maximum absolute atomic E-state index is 12.5. The minimum atomic E-state index is -1.17. The van der Waals surface area contributed by atoms with Crippen LogP contribution in [0.3, 0.4) is 0 Å². The highest BCUT2D eigenvalue weighted by Crippen LogP contribution is 2.21. The van der Waals surface area contributed by atoms with Crippen molar-refractivity contribution in [3.05, 3.63) is 71.6 Å². The number of hydrogen-bond acceptors (Lipinski definition) is 7. The average molecular weight is 391 g/mol. The quantitative estimate of drug-likeness (QED) is 0.573. The third-order valence-corrected chi connectivity index (χ3v) is 4.00. The monoisotopic (exact) mass is 391 g/mol. The number of rotatable bonds is 6. The number of hydrogen-bond donors (Lipinski definition) is 2. The highest BCUT2D eigenvalue weighted by Gasteiger charge is 2.34. The molecule has 1 heterocycles. The van der Waals surface area contributed by atoms with Crippen LogP contribution in [0.15, 0.2) is 66.1 Å². The Balaban J connectivity index is 1.68. The summed E-state index contributed by atoms with van der Waals surface area (Å²) in [5, 5.41) is 14.3. The van der Waals surface area contributed by atoms with E-state index in [0.717, 1.165) is 0 Å². The minimum absolute atomic E-state index is 0.0134. The Labute approximate surface area is 166 Å². The predicted octanol–water partition coefficient (Wildman–Crippen LogP) is 2.35. The highest BCUT2D eigenvalue weighted by atomic mass is 16.6. The number of carbonyl (C=O) groups excluding carboxylic acids is 3. The average Bonchev–Trinajstić information content (AvgIpc) is 3.08. The molecule has 0 saturated heterocycles. The fourth-order valence-corrected chi connectivity index (χ4v) is 2.55. The van der Waals surface area contributed by atoms with Gasteiger partial charge >= 0.3 is 5.97 Å². The van der Waals surface area contributed by atoms with Crippen LogP contribution >= 0.6 is 0 Å². The zero-order valence-electron chi connectivity index (χ0n) is 15.5. The zero-order valence-corrected chi connectivity index (χ0v) is 15.5. The molecule has 0 fully saturated rings. The first-order chi connectivity index (χ1) is 14.0. The van der Waals surface area contributed by atoms with Crippen molar-refractivity contribution < 1.29 is 23.9 Å². The fraction of sp³-hybridized carbons (Fsp3) is 0.143. The lowest BCUT2D eigenvalue weighted by molar-refractivity contribution is -0.150. The molecule has 0 radical (unpaired) electrons. The highest BCUT2D eigenvalue weighted by molar-refractivity contribution is 6.20. The molecule has 2 N–H and O–H groups in total. The number of amides is 1. The SMILES string of the molecule is C[C@H](OC(=O)C1=C(Nc2ccccc2)OCC1=O)C(=O)Nc1cccc(C#N)c1. The molecule has 2 aromatic carbocycles. The summed E-state index contributed by atoms with van der Waals surface area (Å²) in [7, 11) is 0. The second-order valence-corrected chi connectivity index (χ2v) is 6.14. The molecule has 0 bridgehead atoms. The maximum Gasteiger partial charge on any atom is 0.348 e. The van der Waals surface area contributed by atoms with E-state index in [1.54, 1.807) is 42.5 Å². The van der Waals surface area contributed by atoms with Gasteiger partial charge in [-0.05, 0) is 37.3 Å². The topological polar surface area (TPSA) is 118 Å². The summed E-state index contributed by atoms with van der Waals surface area (Å²) in [6.45, 7) is 1.09. The van der Waals surface area contributed by atoms with Gasteiger partial charge in [0.05, 0.1) is 11.6 Å². The lowest BCUT2D eigenvalue weighted by atomic mass is 10.2. The van der Waals surface area contributed by atoms with Crippen LogP contribution in [0.4, 0.5) is 11.4 Å². The van der Waals surface area contributed by atoms with Crippen molar-refractivity contribution in [3.8, 4) is 6.07 Å². The number of nitrogens with one attached hydrogen (secondary N) is 2. The zero-order chi connectivity index (χ0) is 20.8. The summed E-state index contributed by atoms with van der Waals surface area (Å²) in [6.07, 6.45) is -1.17. The van der Waals surface area contributed by atoms with Crippen molar-refractivity contribution in [2.45, 2.75) is 13.0 Å². The number of anilines is 2. The van der Waals surface area contributed by atoms with Crippen molar-refractivity contribution >= 4 is 29.0 Å². The Hall–Kier alpha value is -4.12. The van der Waals surface area contributed by atoms with E-state index < -0.39 is 23.8 Å². The molecule has 2 aromatic rings. The van der Waals surface area contributed by atoms with Gasteiger partial charge < -0.3 is 20.1 Å². The molecule has 1 aliphatic heterocycles. The first kappa shape index (κ1) is 19.6. The van der Waals surface area contributed by atoms with Crippen molar-refractivity contribution in [1.29, 1.82) is 5.26 Å². The molecule has 0 unspecified atom stereocenters. The van der Waals surface area contributed by atoms with Crippen LogP contribution in [-0.4, -0.2) is 30.4 Å². The molecule has 8 heteroatoms. The van der Waals surface area contributed by atoms with E-state index in [2.05, 4.69) is 10.6 Å². The summed E-state index contributed by atoms with van der Waals surface area (Å²) in [6, 6.07) is 17.1. The van der Waals surface area contributed by atoms with Crippen LogP contribution in [-0.2, 0) is 23.9 Å². The second-order valence-electron chi connectivity index (χ2n) is 6.14. The number of carbonyl (C=O) groups is 3. The lowest BCUT2D eigenvalue weighted by Crippen LogP contribution is -2.31. The van der Waals surface area contributed by atoms with Crippen LogP contribution in [0.25, 0.3) is 0 Å². The molecule has 0 saturated carbocycles. The number of Topliss-reactive ketones (excluding diaryl/α,β-unsaturated/α-hetero) is 1. The maximum atomic E-state index is 12.5. The minimum Gasteiger partial charge on any atom is -0.470 e. The van der Waals surface area contributed by atoms with Crippen molar-refractivity contribution in [2.75, 3.05) is 17.2 Å². The molecule has 146 valence electrons. The van der Waals surface area contributed by atoms with Gasteiger partial charge in [-0.2, -0.15) is 5.26 Å². The molecule has 1 amide bonds. The summed E-state index contributed by atoms with van der Waals surface area (Å²) in [5.41, 5.74) is 1.12. The summed E-state index contributed by atoms with van der Waals surface area (Å²) in [5.74, 6) is -2.11. The Bertz CT molecular complexity index is 1020. The van der Waals surface area contributed by atoms with Crippen LogP contribution in [0.2, 0.25) is 0 Å². The van der Waals surface area contributed by atoms with Gasteiger partial charge in [0.2, 0.25) is 11.7 Å². The molecular formula is C21H17N3O5. The number of benzene rings is 2. The number of ether oxygens (including phenoxy) is 2. The normalized spacial score (nSPS) is 13.9. The molecule has 3 rings (SSSR count). The van der Waals surface area contributed by atoms with Gasteiger partial charge in [0, 0.05) is 11.4 Å². The van der Waals surface area contributed by atoms with E-state index in [0.29, 0.717) is 16.9 Å². The molecule has 1 atom stereocenters. The molecule has 8 nitrogen and oxygen atoms in total. The smallest absolute Gasteiger partial charge is 0.348 e. The third kappa shape index (κ3) is 4.78. The van der Waals surface area contributed by atoms with E-state index >= 15 is 0 Å². The van der Waals surface area contributed by atoms with Crippen LogP contribution in [0.5, 0.6) is 0 Å². The van der Waals surface area contributed by atoms with E-state index in [-0.39, 0.29) is 18.1 Å². The number of nitriles is 1. The van der Waals surface area contributed by atoms with Crippen LogP contribution < -0.4 is 10.6 Å². The molecule has 0 aromatic heterocycles. The largest absolute Gasteiger partial charge is 0.470 e. The predicted molar refractivity (Wildman–Crippen MR) is 103 cm³/mol. The van der Waals surface area contributed by atoms with E-state index in [1.807, 2.05) is 12.1 Å². The molecular weight excluding hydrogens is 374 g/mol. The number of nitrogens with zero attached hydrogens (tertiary/aromatic N) is 1. The number of para-hydroxylation sites is 1. The summed E-state index contributed by atoms with van der Waals surface area (Å²) < 4.78 is 10.4. The molecule has 1 aliphatic rings. The number of esters is 1. The van der Waals surface area contributed by atoms with Crippen molar-refractivity contribution in [3.63, 3.8) is 0 Å². The van der Waals surface area contributed by atoms with Crippen LogP contribution in [0.1, 0.15) is 12.5 Å². The molecule has 29 heavy (non-hydrogen) atoms. The first-order valence-electron chi connectivity index (χ1n) is 8.72. The fourth-order valence-electron chi connectivity index (χ4n) is 2.55. The van der Waals surface area contributed by atoms with Gasteiger partial charge in [0.15, 0.2) is 18.3 Å². The van der Waals surface area contributed by atoms with Crippen molar-refractivity contribution in [2.24, 2.45) is 0 Å². The lowest BCUT2D eigenvalue weighted by Gasteiger charge is -2.14. The molecule has 0 aliphatic carbocycles. The van der Waals surface area contributed by atoms with Crippen LogP contribution in [0, 0.1) is 11.3 Å². The Morgan fingerprint density at radius 1 is 1.14 bits per heavy atom. The van der Waals surface area contributed by atoms with Gasteiger partial charge in [0.1, 0.15) is 0 Å². The van der Waals surface area contributed by atoms with Gasteiger partial charge in [-0.3, -0.25) is 9.59 Å². The van der Waals surface area contributed by atoms with E-state index in [9.17, 15) is 14.4 Å². The van der Waals surface area contributed by atoms with Gasteiger partial charge in [-0.15, -0.1) is 0 Å². The second kappa shape index (κ2) is 8.71. The Morgan fingerprint density at radius 2 is 1.86 bits per heavy atom. The van der Waals surface area contributed by atoms with Crippen molar-refractivity contribution in [1.82, 2.24) is 0 Å².